The topological polar surface area (TPSA) is 68.7 Å². The van der Waals surface area contributed by atoms with Crippen LogP contribution >= 0.6 is 0 Å². The first-order valence-electron chi connectivity index (χ1n) is 3.98. The maximum atomic E-state index is 7.70. The molecule has 0 radical (unpaired) electrons. The van der Waals surface area contributed by atoms with Crippen molar-refractivity contribution in [1.29, 1.82) is 5.41 Å². The van der Waals surface area contributed by atoms with E-state index in [2.05, 4.69) is 15.2 Å². The van der Waals surface area contributed by atoms with E-state index in [4.69, 9.17) is 5.41 Å². The number of aromatic nitrogens is 3. The Morgan fingerprint density at radius 3 is 2.67 bits per heavy atom. The van der Waals surface area contributed by atoms with E-state index < -0.39 is 0 Å². The Morgan fingerprint density at radius 1 is 1.58 bits per heavy atom. The number of rotatable bonds is 3. The van der Waals surface area contributed by atoms with E-state index >= 15 is 0 Å². The molecule has 0 aliphatic heterocycles. The Labute approximate surface area is 71.3 Å². The van der Waals surface area contributed by atoms with Crippen LogP contribution < -0.4 is 0 Å². The Balaban J connectivity index is 2.70. The first-order valence-corrected chi connectivity index (χ1v) is 3.98. The van der Waals surface area contributed by atoms with E-state index in [9.17, 15) is 0 Å². The van der Waals surface area contributed by atoms with Gasteiger partial charge in [-0.2, -0.15) is 5.10 Å². The van der Waals surface area contributed by atoms with E-state index in [-0.39, 0.29) is 0 Å². The summed E-state index contributed by atoms with van der Waals surface area (Å²) in [5.41, 5.74) is 0. The van der Waals surface area contributed by atoms with Crippen molar-refractivity contribution < 1.29 is 0 Å². The van der Waals surface area contributed by atoms with Crippen LogP contribution in [0.2, 0.25) is 0 Å². The van der Waals surface area contributed by atoms with Crippen molar-refractivity contribution in [2.75, 3.05) is 13.1 Å². The molecule has 5 nitrogen and oxygen atoms in total. The molecule has 1 rings (SSSR count). The van der Waals surface area contributed by atoms with E-state index in [0.29, 0.717) is 11.7 Å². The fraction of sp³-hybridized carbons (Fsp3) is 0.571. The first-order chi connectivity index (χ1) is 5.79. The number of nitrogens with one attached hydrogen (secondary N) is 2. The zero-order chi connectivity index (χ0) is 8.97. The van der Waals surface area contributed by atoms with Gasteiger partial charge in [0.05, 0.1) is 0 Å². The Bertz CT molecular complexity index is 236. The molecule has 0 spiro atoms. The van der Waals surface area contributed by atoms with Gasteiger partial charge < -0.3 is 4.90 Å². The largest absolute Gasteiger partial charge is 0.355 e. The minimum atomic E-state index is 0.400. The van der Waals surface area contributed by atoms with E-state index in [1.165, 1.54) is 6.33 Å². The maximum Gasteiger partial charge on any atom is 0.190 e. The number of H-pyrrole nitrogens is 1. The fourth-order valence-electron chi connectivity index (χ4n) is 1.01. The summed E-state index contributed by atoms with van der Waals surface area (Å²) in [4.78, 5) is 5.80. The van der Waals surface area contributed by atoms with Crippen LogP contribution in [-0.4, -0.2) is 39.0 Å². The average molecular weight is 167 g/mol. The van der Waals surface area contributed by atoms with Gasteiger partial charge in [0, 0.05) is 13.1 Å². The quantitative estimate of drug-likeness (QED) is 0.508. The summed E-state index contributed by atoms with van der Waals surface area (Å²) in [5.74, 6) is 0.927. The van der Waals surface area contributed by atoms with Crippen LogP contribution in [-0.2, 0) is 0 Å². The van der Waals surface area contributed by atoms with Gasteiger partial charge in [0.15, 0.2) is 11.7 Å². The molecule has 0 fully saturated rings. The lowest BCUT2D eigenvalue weighted by Gasteiger charge is -2.19. The van der Waals surface area contributed by atoms with Crippen LogP contribution in [0.1, 0.15) is 19.7 Å². The van der Waals surface area contributed by atoms with Crippen molar-refractivity contribution >= 4 is 5.84 Å². The highest BCUT2D eigenvalue weighted by molar-refractivity contribution is 5.92. The maximum absolute atomic E-state index is 7.70. The molecule has 0 saturated heterocycles. The van der Waals surface area contributed by atoms with Crippen molar-refractivity contribution in [3.8, 4) is 0 Å². The number of amidine groups is 1. The van der Waals surface area contributed by atoms with Crippen molar-refractivity contribution in [2.24, 2.45) is 0 Å². The van der Waals surface area contributed by atoms with Gasteiger partial charge in [-0.25, -0.2) is 4.98 Å². The predicted octanol–water partition coefficient (Wildman–Crippen LogP) is 0.472. The lowest BCUT2D eigenvalue weighted by molar-refractivity contribution is 0.461. The molecule has 0 aliphatic rings. The zero-order valence-corrected chi connectivity index (χ0v) is 7.33. The predicted molar refractivity (Wildman–Crippen MR) is 46.1 cm³/mol. The second kappa shape index (κ2) is 3.85. The molecule has 12 heavy (non-hydrogen) atoms. The summed E-state index contributed by atoms with van der Waals surface area (Å²) >= 11 is 0. The van der Waals surface area contributed by atoms with Crippen LogP contribution in [0.5, 0.6) is 0 Å². The van der Waals surface area contributed by atoms with Crippen molar-refractivity contribution in [3.05, 3.63) is 12.2 Å². The summed E-state index contributed by atoms with van der Waals surface area (Å²) in [6.07, 6.45) is 1.41. The highest BCUT2D eigenvalue weighted by Crippen LogP contribution is 1.95. The third-order valence-electron chi connectivity index (χ3n) is 1.72. The van der Waals surface area contributed by atoms with Gasteiger partial charge in [0.2, 0.25) is 0 Å². The summed E-state index contributed by atoms with van der Waals surface area (Å²) in [6.45, 7) is 5.65. The lowest BCUT2D eigenvalue weighted by Crippen LogP contribution is -2.31. The van der Waals surface area contributed by atoms with Gasteiger partial charge in [-0.3, -0.25) is 10.5 Å². The van der Waals surface area contributed by atoms with Gasteiger partial charge in [-0.15, -0.1) is 0 Å². The molecular formula is C7H13N5. The molecule has 66 valence electrons. The van der Waals surface area contributed by atoms with Crippen LogP contribution in [0.25, 0.3) is 0 Å². The highest BCUT2D eigenvalue weighted by atomic mass is 15.3. The van der Waals surface area contributed by atoms with E-state index in [1.54, 1.807) is 0 Å². The van der Waals surface area contributed by atoms with Gasteiger partial charge >= 0.3 is 0 Å². The van der Waals surface area contributed by atoms with E-state index in [0.717, 1.165) is 13.1 Å². The molecule has 0 atom stereocenters. The molecule has 0 amide bonds. The van der Waals surface area contributed by atoms with Gasteiger partial charge in [0.1, 0.15) is 6.33 Å². The molecule has 1 aromatic rings. The number of hydrogen-bond donors (Lipinski definition) is 2. The van der Waals surface area contributed by atoms with E-state index in [1.807, 2.05) is 18.7 Å². The molecule has 2 N–H and O–H groups in total. The molecule has 0 aliphatic carbocycles. The van der Waals surface area contributed by atoms with Crippen LogP contribution in [0.4, 0.5) is 0 Å². The summed E-state index contributed by atoms with van der Waals surface area (Å²) < 4.78 is 0. The van der Waals surface area contributed by atoms with Crippen molar-refractivity contribution in [2.45, 2.75) is 13.8 Å². The minimum absolute atomic E-state index is 0.400. The van der Waals surface area contributed by atoms with Gasteiger partial charge in [-0.1, -0.05) is 0 Å². The van der Waals surface area contributed by atoms with Crippen molar-refractivity contribution in [3.63, 3.8) is 0 Å². The first kappa shape index (κ1) is 8.70. The average Bonchev–Trinajstić information content (AvgIpc) is 2.58. The zero-order valence-electron chi connectivity index (χ0n) is 7.33. The summed E-state index contributed by atoms with van der Waals surface area (Å²) in [7, 11) is 0. The second-order valence-corrected chi connectivity index (χ2v) is 2.35. The number of hydrogen-bond acceptors (Lipinski definition) is 3. The Hall–Kier alpha value is -1.39. The molecule has 0 saturated carbocycles. The van der Waals surface area contributed by atoms with Crippen LogP contribution in [0, 0.1) is 5.41 Å². The van der Waals surface area contributed by atoms with Crippen LogP contribution in [0.3, 0.4) is 0 Å². The highest BCUT2D eigenvalue weighted by Gasteiger charge is 2.09. The smallest absolute Gasteiger partial charge is 0.190 e. The monoisotopic (exact) mass is 167 g/mol. The molecule has 0 aromatic carbocycles. The molecule has 5 heteroatoms. The lowest BCUT2D eigenvalue weighted by atomic mass is 10.4. The number of aromatic amines is 1. The molecule has 1 aromatic heterocycles. The second-order valence-electron chi connectivity index (χ2n) is 2.35. The standard InChI is InChI=1S/C7H13N5/c1-3-12(4-2)6(8)7-9-5-10-11-7/h5,8H,3-4H2,1-2H3,(H,9,10,11). The third-order valence-corrected chi connectivity index (χ3v) is 1.72. The normalized spacial score (nSPS) is 9.83. The van der Waals surface area contributed by atoms with Gasteiger partial charge in [-0.05, 0) is 13.8 Å². The summed E-state index contributed by atoms with van der Waals surface area (Å²) in [6, 6.07) is 0. The molecule has 0 bridgehead atoms. The van der Waals surface area contributed by atoms with Crippen molar-refractivity contribution in [1.82, 2.24) is 20.1 Å². The van der Waals surface area contributed by atoms with Crippen LogP contribution in [0.15, 0.2) is 6.33 Å². The van der Waals surface area contributed by atoms with Gasteiger partial charge in [0.25, 0.3) is 0 Å². The third kappa shape index (κ3) is 1.61. The number of nitrogens with zero attached hydrogens (tertiary/aromatic N) is 3. The molecule has 1 heterocycles. The fourth-order valence-corrected chi connectivity index (χ4v) is 1.01. The SMILES string of the molecule is CCN(CC)C(=N)c1ncn[nH]1. The molecular weight excluding hydrogens is 154 g/mol. The Morgan fingerprint density at radius 2 is 2.25 bits per heavy atom. The molecule has 0 unspecified atom stereocenters. The summed E-state index contributed by atoms with van der Waals surface area (Å²) in [5, 5.41) is 14.0. The Kier molecular flexibility index (Phi) is 2.79. The minimum Gasteiger partial charge on any atom is -0.355 e.